The number of nitrogens with zero attached hydrogens (tertiary/aromatic N) is 2. The van der Waals surface area contributed by atoms with E-state index in [0.29, 0.717) is 25.1 Å². The molecule has 5 rings (SSSR count). The van der Waals surface area contributed by atoms with Gasteiger partial charge in [0.1, 0.15) is 18.7 Å². The molecule has 1 aliphatic heterocycles. The lowest BCUT2D eigenvalue weighted by molar-refractivity contribution is -0.149. The van der Waals surface area contributed by atoms with E-state index in [1.54, 1.807) is 7.05 Å². The van der Waals surface area contributed by atoms with Gasteiger partial charge in [-0.25, -0.2) is 8.78 Å². The number of nitrogens with one attached hydrogen (secondary N) is 2. The number of hydrogen-bond donors (Lipinski definition) is 2. The summed E-state index contributed by atoms with van der Waals surface area (Å²) in [5.41, 5.74) is 2.22. The minimum absolute atomic E-state index is 0.0610. The fourth-order valence-corrected chi connectivity index (χ4v) is 6.22. The fraction of sp³-hybridized carbons (Fsp3) is 0.359. The molecule has 0 spiro atoms. The predicted octanol–water partition coefficient (Wildman–Crippen LogP) is 4.68. The van der Waals surface area contributed by atoms with Gasteiger partial charge in [-0.1, -0.05) is 78.9 Å². The number of likely N-dealkylation sites (N-methyl/N-ethyl adjacent to an activating group) is 2. The van der Waals surface area contributed by atoms with Gasteiger partial charge in [0.05, 0.1) is 6.61 Å². The molecule has 3 amide bonds. The molecule has 0 aromatic heterocycles. The lowest BCUT2D eigenvalue weighted by Crippen LogP contribution is -2.56. The zero-order valence-electron chi connectivity index (χ0n) is 28.0. The molecule has 1 aliphatic rings. The Balaban J connectivity index is 1.38. The number of halogens is 2. The number of rotatable bonds is 15. The van der Waals surface area contributed by atoms with Gasteiger partial charge >= 0.3 is 0 Å². The molecule has 0 radical (unpaired) electrons. The molecule has 49 heavy (non-hydrogen) atoms. The Labute approximate surface area is 286 Å². The molecule has 1 fully saturated rings. The molecule has 1 saturated heterocycles. The zero-order valence-corrected chi connectivity index (χ0v) is 28.0. The Bertz CT molecular complexity index is 1730. The third-order valence-corrected chi connectivity index (χ3v) is 9.18. The lowest BCUT2D eigenvalue weighted by Gasteiger charge is -2.34. The van der Waals surface area contributed by atoms with E-state index in [9.17, 15) is 23.2 Å². The molecule has 1 heterocycles. The van der Waals surface area contributed by atoms with Gasteiger partial charge < -0.3 is 25.2 Å². The first-order valence-corrected chi connectivity index (χ1v) is 16.8. The van der Waals surface area contributed by atoms with Gasteiger partial charge in [0, 0.05) is 39.5 Å². The van der Waals surface area contributed by atoms with Crippen LogP contribution in [-0.2, 0) is 38.4 Å². The molecule has 2 N–H and O–H groups in total. The van der Waals surface area contributed by atoms with Gasteiger partial charge in [-0.05, 0) is 65.4 Å². The van der Waals surface area contributed by atoms with Crippen LogP contribution in [0.5, 0.6) is 0 Å². The average molecular weight is 671 g/mol. The van der Waals surface area contributed by atoms with Gasteiger partial charge in [0.15, 0.2) is 11.6 Å². The third-order valence-electron chi connectivity index (χ3n) is 9.18. The second-order valence-electron chi connectivity index (χ2n) is 12.7. The zero-order chi connectivity index (χ0) is 34.8. The van der Waals surface area contributed by atoms with Crippen molar-refractivity contribution in [3.05, 3.63) is 119 Å². The van der Waals surface area contributed by atoms with Crippen LogP contribution in [0, 0.1) is 11.6 Å². The highest BCUT2D eigenvalue weighted by molar-refractivity contribution is 5.92. The van der Waals surface area contributed by atoms with Crippen molar-refractivity contribution in [2.75, 3.05) is 40.4 Å². The summed E-state index contributed by atoms with van der Waals surface area (Å²) in [7, 11) is 3.08. The van der Waals surface area contributed by atoms with Crippen LogP contribution < -0.4 is 10.6 Å². The van der Waals surface area contributed by atoms with Crippen molar-refractivity contribution in [3.8, 4) is 0 Å². The molecule has 0 bridgehead atoms. The predicted molar refractivity (Wildman–Crippen MR) is 186 cm³/mol. The summed E-state index contributed by atoms with van der Waals surface area (Å²) >= 11 is 0. The second kappa shape index (κ2) is 17.1. The topological polar surface area (TPSA) is 91.0 Å². The number of benzene rings is 4. The van der Waals surface area contributed by atoms with Gasteiger partial charge in [-0.15, -0.1) is 0 Å². The van der Waals surface area contributed by atoms with E-state index >= 15 is 0 Å². The Hall–Kier alpha value is -4.67. The lowest BCUT2D eigenvalue weighted by atomic mass is 9.98. The minimum Gasteiger partial charge on any atom is -0.370 e. The Morgan fingerprint density at radius 1 is 0.816 bits per heavy atom. The summed E-state index contributed by atoms with van der Waals surface area (Å²) in [5, 5.41) is 8.30. The van der Waals surface area contributed by atoms with Crippen LogP contribution in [0.4, 0.5) is 8.78 Å². The maximum absolute atomic E-state index is 14.5. The van der Waals surface area contributed by atoms with Crippen LogP contribution in [0.25, 0.3) is 10.8 Å². The monoisotopic (exact) mass is 670 g/mol. The molecule has 3 atom stereocenters. The van der Waals surface area contributed by atoms with Gasteiger partial charge in [-0.3, -0.25) is 14.4 Å². The number of fused-ring (bicyclic) bond motifs is 1. The normalized spacial score (nSPS) is 15.5. The molecule has 0 unspecified atom stereocenters. The summed E-state index contributed by atoms with van der Waals surface area (Å²) < 4.78 is 33.8. The number of carbonyl (C=O) groups excluding carboxylic acids is 3. The first-order valence-electron chi connectivity index (χ1n) is 16.8. The molecule has 0 saturated carbocycles. The highest BCUT2D eigenvalue weighted by Crippen LogP contribution is 2.21. The van der Waals surface area contributed by atoms with Crippen molar-refractivity contribution < 1.29 is 27.9 Å². The van der Waals surface area contributed by atoms with Crippen molar-refractivity contribution in [2.45, 2.75) is 50.2 Å². The molecule has 258 valence electrons. The number of ether oxygens (including phenoxy) is 1. The number of amides is 3. The number of carbonyl (C=O) groups is 3. The Morgan fingerprint density at radius 2 is 1.51 bits per heavy atom. The molecular formula is C39H44F2N4O4. The van der Waals surface area contributed by atoms with Crippen LogP contribution in [0.3, 0.4) is 0 Å². The quantitative estimate of drug-likeness (QED) is 0.192. The van der Waals surface area contributed by atoms with E-state index in [-0.39, 0.29) is 31.4 Å². The maximum atomic E-state index is 14.5. The highest BCUT2D eigenvalue weighted by atomic mass is 19.2. The first-order chi connectivity index (χ1) is 23.7. The highest BCUT2D eigenvalue weighted by Gasteiger charge is 2.35. The SMILES string of the molecule is CN(C(=O)COC[C@@H]1CCCN1)[C@H](Cc1ccc2ccccc2c1)C(=O)N(C)[C@H](Cc1ccc(F)c(F)c1)C(=O)NCCc1ccccc1. The Morgan fingerprint density at radius 3 is 2.24 bits per heavy atom. The van der Waals surface area contributed by atoms with Crippen LogP contribution >= 0.6 is 0 Å². The minimum atomic E-state index is -1.07. The van der Waals surface area contributed by atoms with E-state index < -0.39 is 35.5 Å². The van der Waals surface area contributed by atoms with Gasteiger partial charge in [0.25, 0.3) is 0 Å². The van der Waals surface area contributed by atoms with Crippen LogP contribution in [0.2, 0.25) is 0 Å². The summed E-state index contributed by atoms with van der Waals surface area (Å²) in [6.45, 7) is 1.42. The summed E-state index contributed by atoms with van der Waals surface area (Å²) in [6.07, 6.45) is 2.73. The van der Waals surface area contributed by atoms with Crippen molar-refractivity contribution >= 4 is 28.5 Å². The second-order valence-corrected chi connectivity index (χ2v) is 12.7. The van der Waals surface area contributed by atoms with E-state index in [0.717, 1.165) is 53.4 Å². The van der Waals surface area contributed by atoms with E-state index in [1.807, 2.05) is 72.8 Å². The van der Waals surface area contributed by atoms with Crippen molar-refractivity contribution in [2.24, 2.45) is 0 Å². The molecular weight excluding hydrogens is 626 g/mol. The largest absolute Gasteiger partial charge is 0.370 e. The van der Waals surface area contributed by atoms with Gasteiger partial charge in [0.2, 0.25) is 17.7 Å². The van der Waals surface area contributed by atoms with Crippen molar-refractivity contribution in [1.29, 1.82) is 0 Å². The molecule has 4 aromatic carbocycles. The smallest absolute Gasteiger partial charge is 0.249 e. The summed E-state index contributed by atoms with van der Waals surface area (Å²) in [5.74, 6) is -3.31. The first kappa shape index (κ1) is 35.6. The van der Waals surface area contributed by atoms with Crippen LogP contribution in [0.1, 0.15) is 29.5 Å². The average Bonchev–Trinajstić information content (AvgIpc) is 3.64. The molecule has 0 aliphatic carbocycles. The van der Waals surface area contributed by atoms with E-state index in [1.165, 1.54) is 22.9 Å². The standard InChI is InChI=1S/C39H44F2N4O4/c1-44(37(46)26-49-25-32-13-8-19-42-32)36(24-28-14-16-30-11-6-7-12-31(30)21-28)39(48)45(2)35(23-29-15-17-33(40)34(41)22-29)38(47)43-20-18-27-9-4-3-5-10-27/h3-7,9-12,14-17,21-22,32,35-36,42H,8,13,18-20,23-26H2,1-2H3,(H,43,47)/t32-,35+,36+/m0/s1. The maximum Gasteiger partial charge on any atom is 0.249 e. The molecule has 4 aromatic rings. The summed E-state index contributed by atoms with van der Waals surface area (Å²) in [4.78, 5) is 44.4. The molecule has 8 nitrogen and oxygen atoms in total. The Kier molecular flexibility index (Phi) is 12.5. The number of hydrogen-bond acceptors (Lipinski definition) is 5. The third kappa shape index (κ3) is 9.70. The van der Waals surface area contributed by atoms with Crippen molar-refractivity contribution in [3.63, 3.8) is 0 Å². The van der Waals surface area contributed by atoms with Gasteiger partial charge in [-0.2, -0.15) is 0 Å². The molecule has 10 heteroatoms. The fourth-order valence-electron chi connectivity index (χ4n) is 6.22. The van der Waals surface area contributed by atoms with E-state index in [4.69, 9.17) is 4.74 Å². The van der Waals surface area contributed by atoms with Crippen LogP contribution in [-0.4, -0.2) is 86.0 Å². The van der Waals surface area contributed by atoms with Crippen LogP contribution in [0.15, 0.2) is 91.0 Å². The van der Waals surface area contributed by atoms with Crippen molar-refractivity contribution in [1.82, 2.24) is 20.4 Å². The summed E-state index contributed by atoms with van der Waals surface area (Å²) in [6, 6.07) is 25.0. The van der Waals surface area contributed by atoms with E-state index in [2.05, 4.69) is 10.6 Å².